The topological polar surface area (TPSA) is 95.7 Å². The molecule has 0 atom stereocenters. The molecule has 8 nitrogen and oxygen atoms in total. The minimum absolute atomic E-state index is 0.121. The maximum absolute atomic E-state index is 12.4. The number of carbonyl (C=O) groups is 1. The first-order valence-electron chi connectivity index (χ1n) is 10.1. The van der Waals surface area contributed by atoms with Gasteiger partial charge in [-0.3, -0.25) is 9.78 Å². The van der Waals surface area contributed by atoms with Crippen LogP contribution in [0.4, 0.5) is 5.82 Å². The number of aromatic nitrogens is 2. The summed E-state index contributed by atoms with van der Waals surface area (Å²) in [5.41, 5.74) is 1.49. The van der Waals surface area contributed by atoms with Crippen LogP contribution in [0.5, 0.6) is 23.0 Å². The van der Waals surface area contributed by atoms with Gasteiger partial charge in [-0.05, 0) is 24.3 Å². The third kappa shape index (κ3) is 4.64. The average molecular weight is 433 g/mol. The zero-order chi connectivity index (χ0) is 22.5. The first kappa shape index (κ1) is 21.2. The SMILES string of the molecule is CCc1cc(NC(=O)Cc2ccc(Oc3ccnc4cc(OC)ccc34)cc2OC)no1. The first-order valence-corrected chi connectivity index (χ1v) is 10.1. The van der Waals surface area contributed by atoms with Gasteiger partial charge in [-0.1, -0.05) is 18.1 Å². The number of benzene rings is 2. The quantitative estimate of drug-likeness (QED) is 0.427. The lowest BCUT2D eigenvalue weighted by Crippen LogP contribution is -2.15. The van der Waals surface area contributed by atoms with E-state index in [1.165, 1.54) is 0 Å². The summed E-state index contributed by atoms with van der Waals surface area (Å²) in [7, 11) is 3.17. The number of nitrogens with one attached hydrogen (secondary N) is 1. The third-order valence-corrected chi connectivity index (χ3v) is 4.92. The van der Waals surface area contributed by atoms with Gasteiger partial charge < -0.3 is 24.1 Å². The Labute approximate surface area is 185 Å². The highest BCUT2D eigenvalue weighted by Gasteiger charge is 2.13. The molecule has 1 N–H and O–H groups in total. The summed E-state index contributed by atoms with van der Waals surface area (Å²) in [5.74, 6) is 3.40. The van der Waals surface area contributed by atoms with Crippen LogP contribution in [0, 0.1) is 0 Å². The molecule has 4 aromatic rings. The number of anilines is 1. The Balaban J connectivity index is 1.51. The van der Waals surface area contributed by atoms with Gasteiger partial charge in [-0.25, -0.2) is 0 Å². The Morgan fingerprint density at radius 3 is 2.59 bits per heavy atom. The number of aryl methyl sites for hydroxylation is 1. The zero-order valence-corrected chi connectivity index (χ0v) is 18.0. The van der Waals surface area contributed by atoms with Crippen LogP contribution in [-0.2, 0) is 17.6 Å². The van der Waals surface area contributed by atoms with Crippen molar-refractivity contribution in [2.24, 2.45) is 0 Å². The minimum atomic E-state index is -0.220. The number of amides is 1. The van der Waals surface area contributed by atoms with Gasteiger partial charge in [-0.2, -0.15) is 0 Å². The van der Waals surface area contributed by atoms with Crippen molar-refractivity contribution in [2.45, 2.75) is 19.8 Å². The summed E-state index contributed by atoms with van der Waals surface area (Å²) < 4.78 is 22.0. The minimum Gasteiger partial charge on any atom is -0.497 e. The number of methoxy groups -OCH3 is 2. The highest BCUT2D eigenvalue weighted by Crippen LogP contribution is 2.33. The maximum Gasteiger partial charge on any atom is 0.230 e. The molecule has 32 heavy (non-hydrogen) atoms. The predicted molar refractivity (Wildman–Crippen MR) is 120 cm³/mol. The molecule has 4 rings (SSSR count). The summed E-state index contributed by atoms with van der Waals surface area (Å²) in [4.78, 5) is 16.8. The second-order valence-electron chi connectivity index (χ2n) is 7.02. The standard InChI is InChI=1S/C24H23N3O5/c1-4-16-14-23(27-32-16)26-24(28)11-15-5-6-18(13-22(15)30-3)31-21-9-10-25-20-12-17(29-2)7-8-19(20)21/h5-10,12-14H,4,11H2,1-3H3,(H,26,27,28). The van der Waals surface area contributed by atoms with Crippen LogP contribution in [0.2, 0.25) is 0 Å². The van der Waals surface area contributed by atoms with E-state index < -0.39 is 0 Å². The Morgan fingerprint density at radius 2 is 1.84 bits per heavy atom. The van der Waals surface area contributed by atoms with Crippen molar-refractivity contribution in [1.82, 2.24) is 10.1 Å². The molecule has 2 aromatic heterocycles. The molecule has 0 spiro atoms. The molecule has 0 unspecified atom stereocenters. The molecule has 0 saturated heterocycles. The van der Waals surface area contributed by atoms with E-state index in [1.54, 1.807) is 50.7 Å². The molecule has 0 aliphatic heterocycles. The van der Waals surface area contributed by atoms with Crippen molar-refractivity contribution in [3.05, 3.63) is 66.1 Å². The third-order valence-electron chi connectivity index (χ3n) is 4.92. The van der Waals surface area contributed by atoms with Gasteiger partial charge in [0.2, 0.25) is 5.91 Å². The number of hydrogen-bond acceptors (Lipinski definition) is 7. The van der Waals surface area contributed by atoms with Crippen molar-refractivity contribution < 1.29 is 23.5 Å². The van der Waals surface area contributed by atoms with E-state index in [-0.39, 0.29) is 12.3 Å². The molecule has 164 valence electrons. The number of nitrogens with zero attached hydrogens (tertiary/aromatic N) is 2. The zero-order valence-electron chi connectivity index (χ0n) is 18.0. The molecule has 0 bridgehead atoms. The Bertz CT molecular complexity index is 1250. The van der Waals surface area contributed by atoms with E-state index in [2.05, 4.69) is 15.5 Å². The second-order valence-corrected chi connectivity index (χ2v) is 7.02. The second kappa shape index (κ2) is 9.38. The van der Waals surface area contributed by atoms with Crippen LogP contribution in [-0.4, -0.2) is 30.3 Å². The Hall–Kier alpha value is -4.07. The van der Waals surface area contributed by atoms with Crippen LogP contribution in [0.25, 0.3) is 10.9 Å². The van der Waals surface area contributed by atoms with Gasteiger partial charge in [0.15, 0.2) is 5.82 Å². The summed E-state index contributed by atoms with van der Waals surface area (Å²) in [5, 5.41) is 7.43. The largest absolute Gasteiger partial charge is 0.497 e. The highest BCUT2D eigenvalue weighted by molar-refractivity contribution is 5.91. The van der Waals surface area contributed by atoms with E-state index in [4.69, 9.17) is 18.7 Å². The van der Waals surface area contributed by atoms with Crippen LogP contribution in [0.1, 0.15) is 18.2 Å². The van der Waals surface area contributed by atoms with Crippen molar-refractivity contribution in [2.75, 3.05) is 19.5 Å². The molecule has 8 heteroatoms. The van der Waals surface area contributed by atoms with Gasteiger partial charge in [0, 0.05) is 41.8 Å². The Kier molecular flexibility index (Phi) is 6.21. The van der Waals surface area contributed by atoms with Crippen molar-refractivity contribution >= 4 is 22.6 Å². The molecule has 0 aliphatic carbocycles. The summed E-state index contributed by atoms with van der Waals surface area (Å²) in [6, 6.07) is 14.5. The van der Waals surface area contributed by atoms with Crippen molar-refractivity contribution in [1.29, 1.82) is 0 Å². The fraction of sp³-hybridized carbons (Fsp3) is 0.208. The van der Waals surface area contributed by atoms with Crippen LogP contribution < -0.4 is 19.5 Å². The molecule has 1 amide bonds. The van der Waals surface area contributed by atoms with Gasteiger partial charge in [0.25, 0.3) is 0 Å². The number of fused-ring (bicyclic) bond motifs is 1. The van der Waals surface area contributed by atoms with Crippen molar-refractivity contribution in [3.8, 4) is 23.0 Å². The van der Waals surface area contributed by atoms with Crippen LogP contribution in [0.3, 0.4) is 0 Å². The van der Waals surface area contributed by atoms with E-state index in [1.807, 2.05) is 25.1 Å². The summed E-state index contributed by atoms with van der Waals surface area (Å²) in [6.07, 6.45) is 2.51. The normalized spacial score (nSPS) is 10.7. The van der Waals surface area contributed by atoms with E-state index in [0.29, 0.717) is 35.2 Å². The molecule has 0 radical (unpaired) electrons. The van der Waals surface area contributed by atoms with Gasteiger partial charge >= 0.3 is 0 Å². The summed E-state index contributed by atoms with van der Waals surface area (Å²) >= 11 is 0. The first-order chi connectivity index (χ1) is 15.6. The van der Waals surface area contributed by atoms with Crippen LogP contribution in [0.15, 0.2) is 59.3 Å². The molecule has 0 saturated carbocycles. The molecule has 0 aliphatic rings. The van der Waals surface area contributed by atoms with E-state index >= 15 is 0 Å². The van der Waals surface area contributed by atoms with Gasteiger partial charge in [0.05, 0.1) is 26.2 Å². The average Bonchev–Trinajstić information content (AvgIpc) is 3.27. The number of rotatable bonds is 8. The lowest BCUT2D eigenvalue weighted by Gasteiger charge is -2.13. The smallest absolute Gasteiger partial charge is 0.230 e. The number of hydrogen-bond donors (Lipinski definition) is 1. The monoisotopic (exact) mass is 433 g/mol. The van der Waals surface area contributed by atoms with Crippen molar-refractivity contribution in [3.63, 3.8) is 0 Å². The fourth-order valence-electron chi connectivity index (χ4n) is 3.28. The van der Waals surface area contributed by atoms with Gasteiger partial charge in [0.1, 0.15) is 28.8 Å². The Morgan fingerprint density at radius 1 is 1.00 bits per heavy atom. The molecule has 0 fully saturated rings. The molecule has 2 heterocycles. The maximum atomic E-state index is 12.4. The van der Waals surface area contributed by atoms with E-state index in [0.717, 1.165) is 22.2 Å². The highest BCUT2D eigenvalue weighted by atomic mass is 16.5. The molecule has 2 aromatic carbocycles. The number of carbonyl (C=O) groups excluding carboxylic acids is 1. The fourth-order valence-corrected chi connectivity index (χ4v) is 3.28. The lowest BCUT2D eigenvalue weighted by molar-refractivity contribution is -0.115. The van der Waals surface area contributed by atoms with Gasteiger partial charge in [-0.15, -0.1) is 0 Å². The molecular weight excluding hydrogens is 410 g/mol. The van der Waals surface area contributed by atoms with Crippen LogP contribution >= 0.6 is 0 Å². The number of ether oxygens (including phenoxy) is 3. The number of pyridine rings is 1. The molecular formula is C24H23N3O5. The lowest BCUT2D eigenvalue weighted by atomic mass is 10.1. The summed E-state index contributed by atoms with van der Waals surface area (Å²) in [6.45, 7) is 1.95. The predicted octanol–water partition coefficient (Wildman–Crippen LogP) is 4.78. The van der Waals surface area contributed by atoms with E-state index in [9.17, 15) is 4.79 Å².